The zero-order valence-electron chi connectivity index (χ0n) is 10.8. The van der Waals surface area contributed by atoms with Crippen molar-refractivity contribution in [2.24, 2.45) is 0 Å². The van der Waals surface area contributed by atoms with E-state index < -0.39 is 10.7 Å². The molecule has 2 aromatic rings. The second-order valence-corrected chi connectivity index (χ2v) is 5.21. The summed E-state index contributed by atoms with van der Waals surface area (Å²) in [5.74, 6) is 1.62. The van der Waals surface area contributed by atoms with Gasteiger partial charge in [0.2, 0.25) is 0 Å². The fourth-order valence-corrected chi connectivity index (χ4v) is 2.65. The van der Waals surface area contributed by atoms with Crippen LogP contribution >= 0.6 is 12.4 Å². The summed E-state index contributed by atoms with van der Waals surface area (Å²) < 4.78 is 18.5. The minimum absolute atomic E-state index is 0. The van der Waals surface area contributed by atoms with Crippen molar-refractivity contribution in [3.8, 4) is 11.5 Å². The summed E-state index contributed by atoms with van der Waals surface area (Å²) in [5, 5.41) is 0. The minimum Gasteiger partial charge on any atom is -0.497 e. The molecule has 0 heterocycles. The Labute approximate surface area is 121 Å². The van der Waals surface area contributed by atoms with E-state index in [4.69, 9.17) is 14.3 Å². The van der Waals surface area contributed by atoms with Crippen LogP contribution in [0, 0.1) is 4.78 Å². The number of halogens is 1. The van der Waals surface area contributed by atoms with Crippen LogP contribution in [0.3, 0.4) is 0 Å². The topological polar surface area (TPSA) is 42.3 Å². The van der Waals surface area contributed by atoms with Crippen molar-refractivity contribution in [1.82, 2.24) is 0 Å². The molecule has 19 heavy (non-hydrogen) atoms. The van der Waals surface area contributed by atoms with E-state index in [1.54, 1.807) is 14.2 Å². The molecule has 0 unspecified atom stereocenters. The predicted octanol–water partition coefficient (Wildman–Crippen LogP) is 3.92. The maximum atomic E-state index is 8.26. The van der Waals surface area contributed by atoms with Crippen LogP contribution in [0.1, 0.15) is 0 Å². The summed E-state index contributed by atoms with van der Waals surface area (Å²) in [6, 6.07) is 15.2. The number of benzene rings is 2. The van der Waals surface area contributed by atoms with Gasteiger partial charge in [0.15, 0.2) is 0 Å². The molecule has 102 valence electrons. The molecule has 0 radical (unpaired) electrons. The van der Waals surface area contributed by atoms with Gasteiger partial charge in [0.1, 0.15) is 11.5 Å². The number of hydrogen-bond acceptors (Lipinski definition) is 3. The molecule has 5 heteroatoms. The molecule has 2 rings (SSSR count). The van der Waals surface area contributed by atoms with Gasteiger partial charge in [0.25, 0.3) is 0 Å². The van der Waals surface area contributed by atoms with Crippen molar-refractivity contribution in [3.05, 3.63) is 48.5 Å². The van der Waals surface area contributed by atoms with Crippen molar-refractivity contribution in [1.29, 1.82) is 4.78 Å². The first-order chi connectivity index (χ1) is 8.74. The highest BCUT2D eigenvalue weighted by Crippen LogP contribution is 2.21. The molecule has 0 amide bonds. The molecule has 0 atom stereocenters. The van der Waals surface area contributed by atoms with Gasteiger partial charge in [-0.2, -0.15) is 0 Å². The third-order valence-electron chi connectivity index (χ3n) is 2.59. The van der Waals surface area contributed by atoms with Crippen molar-refractivity contribution in [3.63, 3.8) is 0 Å². The fourth-order valence-electron chi connectivity index (χ4n) is 1.56. The van der Waals surface area contributed by atoms with Crippen molar-refractivity contribution >= 4 is 23.1 Å². The van der Waals surface area contributed by atoms with E-state index in [9.17, 15) is 0 Å². The molecule has 0 aliphatic rings. The molecule has 0 saturated carbocycles. The molecule has 1 N–H and O–H groups in total. The van der Waals surface area contributed by atoms with Crippen molar-refractivity contribution in [2.45, 2.75) is 9.79 Å². The first-order valence-electron chi connectivity index (χ1n) is 5.48. The van der Waals surface area contributed by atoms with Gasteiger partial charge in [-0.15, -0.1) is 12.4 Å². The van der Waals surface area contributed by atoms with E-state index in [1.165, 1.54) is 0 Å². The third kappa shape index (κ3) is 3.72. The summed E-state index contributed by atoms with van der Waals surface area (Å²) >= 11 is 0. The van der Waals surface area contributed by atoms with Crippen LogP contribution in [-0.4, -0.2) is 14.2 Å². The monoisotopic (exact) mass is 297 g/mol. The first kappa shape index (κ1) is 15.5. The lowest BCUT2D eigenvalue weighted by molar-refractivity contribution is 0.414. The number of ether oxygens (including phenoxy) is 2. The lowest BCUT2D eigenvalue weighted by Crippen LogP contribution is -1.92. The van der Waals surface area contributed by atoms with Crippen LogP contribution in [0.25, 0.3) is 0 Å². The molecule has 2 aromatic carbocycles. The van der Waals surface area contributed by atoms with Gasteiger partial charge in [0, 0.05) is 9.79 Å². The molecule has 3 nitrogen and oxygen atoms in total. The Morgan fingerprint density at radius 1 is 0.737 bits per heavy atom. The van der Waals surface area contributed by atoms with Crippen LogP contribution in [0.5, 0.6) is 11.5 Å². The van der Waals surface area contributed by atoms with E-state index in [0.717, 1.165) is 21.3 Å². The van der Waals surface area contributed by atoms with Gasteiger partial charge in [-0.1, -0.05) is 0 Å². The van der Waals surface area contributed by atoms with Gasteiger partial charge < -0.3 is 9.47 Å². The first-order valence-corrected chi connectivity index (χ1v) is 6.70. The summed E-state index contributed by atoms with van der Waals surface area (Å²) in [6.07, 6.45) is 0. The highest BCUT2D eigenvalue weighted by molar-refractivity contribution is 7.86. The molecule has 0 aromatic heterocycles. The second-order valence-electron chi connectivity index (χ2n) is 3.66. The maximum absolute atomic E-state index is 8.26. The minimum atomic E-state index is -0.678. The summed E-state index contributed by atoms with van der Waals surface area (Å²) in [5.41, 5.74) is 0. The standard InChI is InChI=1S/C14H15NO2S.ClH/c1-16-11-3-7-13(8-4-11)18(15)14-9-5-12(17-2)6-10-14;/h3-10,15H,1-2H3;1H. The van der Waals surface area contributed by atoms with Crippen LogP contribution in [-0.2, 0) is 10.7 Å². The lowest BCUT2D eigenvalue weighted by atomic mass is 10.3. The maximum Gasteiger partial charge on any atom is 0.118 e. The molecule has 0 fully saturated rings. The zero-order valence-corrected chi connectivity index (χ0v) is 12.4. The number of hydrogen-bond donors (Lipinski definition) is 1. The van der Waals surface area contributed by atoms with Crippen LogP contribution in [0.4, 0.5) is 0 Å². The molecular formula is C14H16ClNO2S. The van der Waals surface area contributed by atoms with Gasteiger partial charge in [0.05, 0.1) is 14.2 Å². The Morgan fingerprint density at radius 2 is 1.05 bits per heavy atom. The molecule has 0 saturated heterocycles. The molecular weight excluding hydrogens is 282 g/mol. The molecule has 0 bridgehead atoms. The van der Waals surface area contributed by atoms with E-state index in [-0.39, 0.29) is 12.4 Å². The number of methoxy groups -OCH3 is 2. The second kappa shape index (κ2) is 7.16. The van der Waals surface area contributed by atoms with Gasteiger partial charge in [-0.05, 0) is 59.2 Å². The highest BCUT2D eigenvalue weighted by atomic mass is 35.5. The Balaban J connectivity index is 0.00000180. The van der Waals surface area contributed by atoms with E-state index in [1.807, 2.05) is 48.5 Å². The van der Waals surface area contributed by atoms with Gasteiger partial charge >= 0.3 is 0 Å². The van der Waals surface area contributed by atoms with Crippen molar-refractivity contribution < 1.29 is 9.47 Å². The van der Waals surface area contributed by atoms with E-state index in [0.29, 0.717) is 0 Å². The summed E-state index contributed by atoms with van der Waals surface area (Å²) in [7, 11) is 2.60. The normalized spacial score (nSPS) is 9.84. The Kier molecular flexibility index (Phi) is 5.86. The Hall–Kier alpha value is -1.52. The Bertz CT molecular complexity index is 491. The van der Waals surface area contributed by atoms with E-state index in [2.05, 4.69) is 0 Å². The average molecular weight is 298 g/mol. The number of rotatable bonds is 4. The average Bonchev–Trinajstić information content (AvgIpc) is 2.47. The van der Waals surface area contributed by atoms with Crippen LogP contribution < -0.4 is 9.47 Å². The van der Waals surface area contributed by atoms with Crippen LogP contribution in [0.15, 0.2) is 58.3 Å². The summed E-state index contributed by atoms with van der Waals surface area (Å²) in [6.45, 7) is 0. The summed E-state index contributed by atoms with van der Waals surface area (Å²) in [4.78, 5) is 1.95. The predicted molar refractivity (Wildman–Crippen MR) is 79.9 cm³/mol. The highest BCUT2D eigenvalue weighted by Gasteiger charge is 2.03. The lowest BCUT2D eigenvalue weighted by Gasteiger charge is -2.08. The quantitative estimate of drug-likeness (QED) is 0.929. The van der Waals surface area contributed by atoms with Crippen molar-refractivity contribution in [2.75, 3.05) is 14.2 Å². The molecule has 0 aliphatic carbocycles. The smallest absolute Gasteiger partial charge is 0.118 e. The SMILES string of the molecule is COc1ccc(S(=N)c2ccc(OC)cc2)cc1.Cl. The number of nitrogens with one attached hydrogen (secondary N) is 1. The molecule has 0 aliphatic heterocycles. The molecule has 0 spiro atoms. The third-order valence-corrected chi connectivity index (χ3v) is 4.08. The largest absolute Gasteiger partial charge is 0.497 e. The van der Waals surface area contributed by atoms with E-state index >= 15 is 0 Å². The van der Waals surface area contributed by atoms with Gasteiger partial charge in [-0.25, -0.2) is 0 Å². The van der Waals surface area contributed by atoms with Crippen LogP contribution in [0.2, 0.25) is 0 Å². The zero-order chi connectivity index (χ0) is 13.0. The Morgan fingerprint density at radius 3 is 1.32 bits per heavy atom. The fraction of sp³-hybridized carbons (Fsp3) is 0.143. The van der Waals surface area contributed by atoms with Gasteiger partial charge in [-0.3, -0.25) is 4.78 Å².